The van der Waals surface area contributed by atoms with Gasteiger partial charge in [-0.25, -0.2) is 4.98 Å². The van der Waals surface area contributed by atoms with Crippen molar-refractivity contribution in [3.05, 3.63) is 64.4 Å². The van der Waals surface area contributed by atoms with Crippen molar-refractivity contribution >= 4 is 22.6 Å². The summed E-state index contributed by atoms with van der Waals surface area (Å²) in [5.74, 6) is 1.07. The van der Waals surface area contributed by atoms with Crippen LogP contribution in [0.4, 0.5) is 0 Å². The predicted molar refractivity (Wildman–Crippen MR) is 98.2 cm³/mol. The number of fused-ring (bicyclic) bond motifs is 1. The van der Waals surface area contributed by atoms with Gasteiger partial charge in [-0.1, -0.05) is 55.3 Å². The van der Waals surface area contributed by atoms with Crippen LogP contribution in [-0.2, 0) is 19.4 Å². The molecule has 0 aliphatic carbocycles. The highest BCUT2D eigenvalue weighted by molar-refractivity contribution is 6.31. The Bertz CT molecular complexity index is 890. The lowest BCUT2D eigenvalue weighted by atomic mass is 10.1. The molecule has 0 saturated heterocycles. The fourth-order valence-corrected chi connectivity index (χ4v) is 3.22. The van der Waals surface area contributed by atoms with Gasteiger partial charge in [0.05, 0.1) is 30.1 Å². The van der Waals surface area contributed by atoms with Crippen molar-refractivity contribution in [3.8, 4) is 6.07 Å². The minimum Gasteiger partial charge on any atom is -0.323 e. The zero-order chi connectivity index (χ0) is 16.9. The molecule has 4 heteroatoms. The number of aryl methyl sites for hydroxylation is 1. The van der Waals surface area contributed by atoms with Crippen LogP contribution in [0.25, 0.3) is 11.0 Å². The van der Waals surface area contributed by atoms with E-state index in [-0.39, 0.29) is 0 Å². The number of halogens is 1. The SMILES string of the molecule is CCCCc1nc2cccc(CC#N)c2n1Cc1ccccc1Cl. The first-order chi connectivity index (χ1) is 11.7. The molecule has 0 N–H and O–H groups in total. The van der Waals surface area contributed by atoms with Gasteiger partial charge in [0.2, 0.25) is 0 Å². The fourth-order valence-electron chi connectivity index (χ4n) is 3.03. The summed E-state index contributed by atoms with van der Waals surface area (Å²) in [7, 11) is 0. The topological polar surface area (TPSA) is 41.6 Å². The Balaban J connectivity index is 2.14. The number of hydrogen-bond donors (Lipinski definition) is 0. The molecule has 0 spiro atoms. The Morgan fingerprint density at radius 3 is 2.67 bits per heavy atom. The third-order valence-electron chi connectivity index (χ3n) is 4.24. The zero-order valence-electron chi connectivity index (χ0n) is 13.8. The van der Waals surface area contributed by atoms with Gasteiger partial charge in [-0.15, -0.1) is 0 Å². The van der Waals surface area contributed by atoms with Crippen molar-refractivity contribution in [1.82, 2.24) is 9.55 Å². The molecule has 0 saturated carbocycles. The Labute approximate surface area is 147 Å². The summed E-state index contributed by atoms with van der Waals surface area (Å²) in [6, 6.07) is 16.2. The first-order valence-electron chi connectivity index (χ1n) is 8.32. The molecule has 24 heavy (non-hydrogen) atoms. The number of para-hydroxylation sites is 1. The molecule has 0 atom stereocenters. The largest absolute Gasteiger partial charge is 0.323 e. The number of imidazole rings is 1. The molecule has 1 aromatic heterocycles. The molecule has 0 radical (unpaired) electrons. The lowest BCUT2D eigenvalue weighted by Crippen LogP contribution is -2.07. The number of nitrogens with zero attached hydrogens (tertiary/aromatic N) is 3. The quantitative estimate of drug-likeness (QED) is 0.624. The second-order valence-electron chi connectivity index (χ2n) is 5.93. The summed E-state index contributed by atoms with van der Waals surface area (Å²) in [6.45, 7) is 2.86. The van der Waals surface area contributed by atoms with E-state index < -0.39 is 0 Å². The molecule has 0 aliphatic heterocycles. The van der Waals surface area contributed by atoms with Gasteiger partial charge in [-0.05, 0) is 29.7 Å². The number of nitriles is 1. The van der Waals surface area contributed by atoms with Crippen molar-refractivity contribution in [2.75, 3.05) is 0 Å². The highest BCUT2D eigenvalue weighted by Crippen LogP contribution is 2.25. The molecule has 0 amide bonds. The third kappa shape index (κ3) is 3.29. The normalized spacial score (nSPS) is 10.9. The third-order valence-corrected chi connectivity index (χ3v) is 4.61. The summed E-state index contributed by atoms with van der Waals surface area (Å²) in [5, 5.41) is 9.91. The smallest absolute Gasteiger partial charge is 0.110 e. The molecule has 1 heterocycles. The summed E-state index contributed by atoms with van der Waals surface area (Å²) in [4.78, 5) is 4.83. The standard InChI is InChI=1S/C20H20ClN3/c1-2-3-11-19-23-18-10-6-8-15(12-13-22)20(18)24(19)14-16-7-4-5-9-17(16)21/h4-10H,2-3,11-12,14H2,1H3. The second-order valence-corrected chi connectivity index (χ2v) is 6.34. The number of hydrogen-bond acceptors (Lipinski definition) is 2. The van der Waals surface area contributed by atoms with Crippen LogP contribution in [0.1, 0.15) is 36.7 Å². The van der Waals surface area contributed by atoms with E-state index in [0.29, 0.717) is 13.0 Å². The molecular weight excluding hydrogens is 318 g/mol. The monoisotopic (exact) mass is 337 g/mol. The average molecular weight is 338 g/mol. The maximum Gasteiger partial charge on any atom is 0.110 e. The van der Waals surface area contributed by atoms with Gasteiger partial charge in [-0.3, -0.25) is 0 Å². The maximum absolute atomic E-state index is 9.15. The lowest BCUT2D eigenvalue weighted by Gasteiger charge is -2.12. The van der Waals surface area contributed by atoms with Crippen LogP contribution in [0.5, 0.6) is 0 Å². The van der Waals surface area contributed by atoms with E-state index in [1.165, 1.54) is 0 Å². The number of aromatic nitrogens is 2. The van der Waals surface area contributed by atoms with Crippen LogP contribution in [0.3, 0.4) is 0 Å². The molecule has 0 aliphatic rings. The minimum absolute atomic E-state index is 0.388. The lowest BCUT2D eigenvalue weighted by molar-refractivity contribution is 0.689. The molecule has 3 nitrogen and oxygen atoms in total. The van der Waals surface area contributed by atoms with Gasteiger partial charge < -0.3 is 4.57 Å². The highest BCUT2D eigenvalue weighted by Gasteiger charge is 2.15. The maximum atomic E-state index is 9.15. The van der Waals surface area contributed by atoms with Crippen LogP contribution in [-0.4, -0.2) is 9.55 Å². The van der Waals surface area contributed by atoms with Crippen LogP contribution in [0, 0.1) is 11.3 Å². The van der Waals surface area contributed by atoms with Crippen LogP contribution < -0.4 is 0 Å². The van der Waals surface area contributed by atoms with Gasteiger partial charge in [-0.2, -0.15) is 5.26 Å². The van der Waals surface area contributed by atoms with Gasteiger partial charge in [0, 0.05) is 11.4 Å². The summed E-state index contributed by atoms with van der Waals surface area (Å²) in [6.07, 6.45) is 3.54. The Hall–Kier alpha value is -2.31. The molecule has 122 valence electrons. The Kier molecular flexibility index (Phi) is 5.17. The van der Waals surface area contributed by atoms with E-state index in [2.05, 4.69) is 17.6 Å². The first-order valence-corrected chi connectivity index (χ1v) is 8.69. The van der Waals surface area contributed by atoms with Crippen molar-refractivity contribution < 1.29 is 0 Å². The highest BCUT2D eigenvalue weighted by atomic mass is 35.5. The van der Waals surface area contributed by atoms with Crippen LogP contribution in [0.15, 0.2) is 42.5 Å². The molecule has 2 aromatic carbocycles. The van der Waals surface area contributed by atoms with Gasteiger partial charge in [0.25, 0.3) is 0 Å². The van der Waals surface area contributed by atoms with Crippen molar-refractivity contribution in [2.45, 2.75) is 39.2 Å². The van der Waals surface area contributed by atoms with Gasteiger partial charge >= 0.3 is 0 Å². The first kappa shape index (κ1) is 16.5. The molecule has 3 aromatic rings. The van der Waals surface area contributed by atoms with E-state index in [0.717, 1.165) is 52.3 Å². The summed E-state index contributed by atoms with van der Waals surface area (Å²) >= 11 is 6.36. The van der Waals surface area contributed by atoms with Crippen LogP contribution >= 0.6 is 11.6 Å². The Morgan fingerprint density at radius 2 is 1.92 bits per heavy atom. The van der Waals surface area contributed by atoms with Gasteiger partial charge in [0.15, 0.2) is 0 Å². The molecular formula is C20H20ClN3. The summed E-state index contributed by atoms with van der Waals surface area (Å²) < 4.78 is 2.24. The zero-order valence-corrected chi connectivity index (χ0v) is 14.6. The minimum atomic E-state index is 0.388. The molecule has 0 unspecified atom stereocenters. The van der Waals surface area contributed by atoms with Crippen LogP contribution in [0.2, 0.25) is 5.02 Å². The number of rotatable bonds is 6. The van der Waals surface area contributed by atoms with E-state index in [1.54, 1.807) is 0 Å². The van der Waals surface area contributed by atoms with Crippen molar-refractivity contribution in [3.63, 3.8) is 0 Å². The van der Waals surface area contributed by atoms with Gasteiger partial charge in [0.1, 0.15) is 5.82 Å². The molecule has 0 fully saturated rings. The van der Waals surface area contributed by atoms with E-state index in [4.69, 9.17) is 21.8 Å². The number of benzene rings is 2. The average Bonchev–Trinajstić information content (AvgIpc) is 2.94. The Morgan fingerprint density at radius 1 is 1.12 bits per heavy atom. The van der Waals surface area contributed by atoms with E-state index in [9.17, 15) is 0 Å². The predicted octanol–water partition coefficient (Wildman–Crippen LogP) is 5.15. The van der Waals surface area contributed by atoms with E-state index in [1.807, 2.05) is 42.5 Å². The van der Waals surface area contributed by atoms with Crippen molar-refractivity contribution in [2.24, 2.45) is 0 Å². The second kappa shape index (κ2) is 7.51. The van der Waals surface area contributed by atoms with E-state index >= 15 is 0 Å². The molecule has 0 bridgehead atoms. The molecule has 3 rings (SSSR count). The summed E-state index contributed by atoms with van der Waals surface area (Å²) in [5.41, 5.74) is 4.12. The fraction of sp³-hybridized carbons (Fsp3) is 0.300. The number of unbranched alkanes of at least 4 members (excludes halogenated alkanes) is 1. The van der Waals surface area contributed by atoms with Crippen molar-refractivity contribution in [1.29, 1.82) is 5.26 Å².